The van der Waals surface area contributed by atoms with Crippen molar-refractivity contribution in [3.63, 3.8) is 0 Å². The lowest BCUT2D eigenvalue weighted by Gasteiger charge is -2.12. The third kappa shape index (κ3) is 7.42. The zero-order valence-corrected chi connectivity index (χ0v) is 32.4. The fourth-order valence-electron chi connectivity index (χ4n) is 7.27. The number of azo groups is 2. The van der Waals surface area contributed by atoms with Gasteiger partial charge >= 0.3 is 0 Å². The predicted octanol–water partition coefficient (Wildman–Crippen LogP) is 12.7. The summed E-state index contributed by atoms with van der Waals surface area (Å²) in [4.78, 5) is 36.4. The van der Waals surface area contributed by atoms with Crippen LogP contribution in [-0.4, -0.2) is 21.9 Å². The SMILES string of the molecule is [C-]#[N+]c1cccc(NOCc2cc3ccccc3c(N=Nc3ccc4c(c3)C(=O)c3cc(N=Nc5c(O)c(C(=O)Nc6cccc(C#N)c6)cc6ccccc56)ccc3-4)c2O)c1. The van der Waals surface area contributed by atoms with E-state index < -0.39 is 5.91 Å². The van der Waals surface area contributed by atoms with Gasteiger partial charge in [0.2, 0.25) is 0 Å². The third-order valence-corrected chi connectivity index (χ3v) is 10.3. The molecule has 1 aliphatic carbocycles. The van der Waals surface area contributed by atoms with Gasteiger partial charge in [0.15, 0.2) is 17.2 Å². The largest absolute Gasteiger partial charge is 0.505 e. The van der Waals surface area contributed by atoms with E-state index in [2.05, 4.69) is 36.1 Å². The van der Waals surface area contributed by atoms with E-state index in [4.69, 9.17) is 11.4 Å². The number of nitrogens with zero attached hydrogens (tertiary/aromatic N) is 6. The molecular weight excluding hydrogens is 781 g/mol. The fraction of sp³-hybridized carbons (Fsp3) is 0.0204. The van der Waals surface area contributed by atoms with Gasteiger partial charge in [-0.15, -0.1) is 10.2 Å². The van der Waals surface area contributed by atoms with Crippen LogP contribution >= 0.6 is 0 Å². The number of nitrogens with one attached hydrogen (secondary N) is 2. The van der Waals surface area contributed by atoms with E-state index >= 15 is 0 Å². The summed E-state index contributed by atoms with van der Waals surface area (Å²) in [7, 11) is 0. The molecule has 0 radical (unpaired) electrons. The predicted molar refractivity (Wildman–Crippen MR) is 235 cm³/mol. The first-order valence-electron chi connectivity index (χ1n) is 19.1. The molecule has 0 heterocycles. The average Bonchev–Trinajstić information content (AvgIpc) is 3.58. The van der Waals surface area contributed by atoms with Crippen molar-refractivity contribution in [3.05, 3.63) is 185 Å². The standard InChI is InChI=1S/C49H30N8O5/c1-51-32-11-7-13-36(23-32)57-62-27-31-21-29-9-2-4-14-37(29)44(46(31)58)55-53-34-16-18-39-40-19-17-35(25-42(40)47(59)41(39)24-34)54-56-45-38-15-5-3-10-30(38)22-43(48(45)60)49(61)52-33-12-6-8-28(20-33)26-50/h2-25,57-58,60H,27H2,(H,52,61). The lowest BCUT2D eigenvalue weighted by Crippen LogP contribution is -2.12. The number of amides is 1. The smallest absolute Gasteiger partial charge is 0.259 e. The van der Waals surface area contributed by atoms with Gasteiger partial charge in [-0.1, -0.05) is 78.9 Å². The van der Waals surface area contributed by atoms with Crippen LogP contribution in [0.4, 0.5) is 39.8 Å². The number of fused-ring (bicyclic) bond motifs is 5. The van der Waals surface area contributed by atoms with Crippen LogP contribution in [0.5, 0.6) is 11.5 Å². The Bertz CT molecular complexity index is 3310. The van der Waals surface area contributed by atoms with Gasteiger partial charge in [-0.3, -0.25) is 19.9 Å². The van der Waals surface area contributed by atoms with Crippen LogP contribution in [0, 0.1) is 17.9 Å². The van der Waals surface area contributed by atoms with E-state index in [9.17, 15) is 25.1 Å². The number of phenolic OH excluding ortho intramolecular Hbond substituents is 2. The molecule has 0 aromatic heterocycles. The van der Waals surface area contributed by atoms with Crippen LogP contribution in [0.15, 0.2) is 166 Å². The topological polar surface area (TPSA) is 185 Å². The van der Waals surface area contributed by atoms with Gasteiger partial charge < -0.3 is 15.5 Å². The molecule has 1 amide bonds. The van der Waals surface area contributed by atoms with Gasteiger partial charge in [-0.2, -0.15) is 15.5 Å². The number of carbonyl (C=O) groups excluding carboxylic acids is 2. The first kappa shape index (κ1) is 38.5. The molecular formula is C49H30N8O5. The lowest BCUT2D eigenvalue weighted by atomic mass is 10.0. The Kier molecular flexibility index (Phi) is 10.1. The summed E-state index contributed by atoms with van der Waals surface area (Å²) in [5.41, 5.74) is 8.30. The normalized spacial score (nSPS) is 11.7. The Morgan fingerprint density at radius 1 is 0.661 bits per heavy atom. The molecule has 0 saturated carbocycles. The first-order valence-corrected chi connectivity index (χ1v) is 19.1. The molecule has 0 fully saturated rings. The van der Waals surface area contributed by atoms with Crippen molar-refractivity contribution in [1.29, 1.82) is 5.26 Å². The number of aromatic hydroxyl groups is 2. The highest BCUT2D eigenvalue weighted by Crippen LogP contribution is 2.44. The number of carbonyl (C=O) groups is 2. The number of nitriles is 1. The Balaban J connectivity index is 0.962. The van der Waals surface area contributed by atoms with Crippen molar-refractivity contribution < 1.29 is 24.6 Å². The molecule has 1 aliphatic rings. The van der Waals surface area contributed by atoms with Crippen molar-refractivity contribution in [3.8, 4) is 28.7 Å². The highest BCUT2D eigenvalue weighted by atomic mass is 16.6. The third-order valence-electron chi connectivity index (χ3n) is 10.3. The molecule has 0 aliphatic heterocycles. The Hall–Kier alpha value is -9.04. The number of anilines is 2. The molecule has 8 aromatic rings. The molecule has 9 rings (SSSR count). The second-order valence-corrected chi connectivity index (χ2v) is 14.2. The van der Waals surface area contributed by atoms with Crippen LogP contribution < -0.4 is 10.8 Å². The summed E-state index contributed by atoms with van der Waals surface area (Å²) < 4.78 is 0. The summed E-state index contributed by atoms with van der Waals surface area (Å²) in [6, 6.07) is 43.5. The Labute approximate surface area is 353 Å². The summed E-state index contributed by atoms with van der Waals surface area (Å²) in [6.45, 7) is 7.22. The average molecular weight is 811 g/mol. The quantitative estimate of drug-likeness (QED) is 0.0601. The van der Waals surface area contributed by atoms with Crippen LogP contribution in [0.3, 0.4) is 0 Å². The van der Waals surface area contributed by atoms with E-state index in [1.54, 1.807) is 115 Å². The van der Waals surface area contributed by atoms with Crippen LogP contribution in [-0.2, 0) is 11.4 Å². The Morgan fingerprint density at radius 3 is 1.94 bits per heavy atom. The Morgan fingerprint density at radius 2 is 1.27 bits per heavy atom. The first-order chi connectivity index (χ1) is 30.3. The zero-order chi connectivity index (χ0) is 42.7. The van der Waals surface area contributed by atoms with Crippen LogP contribution in [0.1, 0.15) is 37.4 Å². The van der Waals surface area contributed by atoms with E-state index in [-0.39, 0.29) is 40.8 Å². The molecule has 0 bridgehead atoms. The van der Waals surface area contributed by atoms with Gasteiger partial charge in [0.1, 0.15) is 23.7 Å². The maximum absolute atomic E-state index is 13.9. The van der Waals surface area contributed by atoms with Crippen molar-refractivity contribution in [2.45, 2.75) is 6.61 Å². The number of hydrogen-bond donors (Lipinski definition) is 4. The van der Waals surface area contributed by atoms with Gasteiger partial charge in [0.25, 0.3) is 5.91 Å². The second-order valence-electron chi connectivity index (χ2n) is 14.2. The summed E-state index contributed by atoms with van der Waals surface area (Å²) in [6.07, 6.45) is 0. The van der Waals surface area contributed by atoms with Gasteiger partial charge in [-0.25, -0.2) is 4.85 Å². The van der Waals surface area contributed by atoms with Crippen LogP contribution in [0.25, 0.3) is 37.5 Å². The minimum atomic E-state index is -0.599. The van der Waals surface area contributed by atoms with E-state index in [0.29, 0.717) is 78.0 Å². The monoisotopic (exact) mass is 810 g/mol. The highest BCUT2D eigenvalue weighted by molar-refractivity contribution is 6.22. The maximum atomic E-state index is 13.9. The molecule has 13 nitrogen and oxygen atoms in total. The number of phenols is 2. The molecule has 8 aromatic carbocycles. The van der Waals surface area contributed by atoms with E-state index in [1.165, 1.54) is 6.07 Å². The maximum Gasteiger partial charge on any atom is 0.259 e. The van der Waals surface area contributed by atoms with Gasteiger partial charge in [-0.05, 0) is 88.6 Å². The van der Waals surface area contributed by atoms with E-state index in [0.717, 1.165) is 5.39 Å². The summed E-state index contributed by atoms with van der Waals surface area (Å²) in [5.74, 6) is -1.35. The second kappa shape index (κ2) is 16.3. The molecule has 0 unspecified atom stereocenters. The van der Waals surface area contributed by atoms with Crippen molar-refractivity contribution in [2.75, 3.05) is 10.8 Å². The zero-order valence-electron chi connectivity index (χ0n) is 32.4. The molecule has 0 saturated heterocycles. The number of benzene rings is 8. The molecule has 296 valence electrons. The van der Waals surface area contributed by atoms with Gasteiger partial charge in [0.05, 0.1) is 40.8 Å². The summed E-state index contributed by atoms with van der Waals surface area (Å²) in [5, 5.41) is 55.1. The summed E-state index contributed by atoms with van der Waals surface area (Å²) >= 11 is 0. The highest BCUT2D eigenvalue weighted by Gasteiger charge is 2.28. The minimum absolute atomic E-state index is 0.0176. The minimum Gasteiger partial charge on any atom is -0.505 e. The number of rotatable bonds is 10. The molecule has 13 heteroatoms. The van der Waals surface area contributed by atoms with Crippen molar-refractivity contribution in [1.82, 2.24) is 0 Å². The van der Waals surface area contributed by atoms with Crippen molar-refractivity contribution in [2.24, 2.45) is 20.5 Å². The lowest BCUT2D eigenvalue weighted by molar-refractivity contribution is 0.102. The molecule has 4 N–H and O–H groups in total. The number of ketones is 1. The van der Waals surface area contributed by atoms with Crippen LogP contribution in [0.2, 0.25) is 0 Å². The fourth-order valence-corrected chi connectivity index (χ4v) is 7.27. The molecule has 62 heavy (non-hydrogen) atoms. The van der Waals surface area contributed by atoms with E-state index in [1.807, 2.05) is 30.3 Å². The number of hydrogen-bond acceptors (Lipinski definition) is 11. The molecule has 0 spiro atoms. The molecule has 0 atom stereocenters. The van der Waals surface area contributed by atoms with Gasteiger partial charge in [0, 0.05) is 33.2 Å². The van der Waals surface area contributed by atoms with Crippen molar-refractivity contribution >= 4 is 73.0 Å².